The first-order chi connectivity index (χ1) is 12.7. The van der Waals surface area contributed by atoms with E-state index in [0.29, 0.717) is 12.5 Å². The van der Waals surface area contributed by atoms with E-state index in [0.717, 1.165) is 32.5 Å². The van der Waals surface area contributed by atoms with Crippen LogP contribution in [-0.4, -0.2) is 48.1 Å². The van der Waals surface area contributed by atoms with Gasteiger partial charge in [-0.15, -0.1) is 0 Å². The van der Waals surface area contributed by atoms with Crippen LogP contribution >= 0.6 is 0 Å². The molecule has 0 aromatic heterocycles. The number of hydrogen-bond acceptors (Lipinski definition) is 3. The Labute approximate surface area is 163 Å². The summed E-state index contributed by atoms with van der Waals surface area (Å²) in [6, 6.07) is 9.63. The van der Waals surface area contributed by atoms with E-state index in [1.54, 1.807) is 6.92 Å². The Morgan fingerprint density at radius 1 is 1.22 bits per heavy atom. The molecule has 0 radical (unpaired) electrons. The molecule has 3 N–H and O–H groups in total. The van der Waals surface area contributed by atoms with E-state index in [2.05, 4.69) is 45.1 Å². The second kappa shape index (κ2) is 9.74. The minimum absolute atomic E-state index is 0.177. The molecular weight excluding hydrogens is 340 g/mol. The van der Waals surface area contributed by atoms with Gasteiger partial charge in [0, 0.05) is 25.2 Å². The van der Waals surface area contributed by atoms with E-state index in [1.165, 1.54) is 5.56 Å². The first-order valence-electron chi connectivity index (χ1n) is 9.85. The van der Waals surface area contributed by atoms with E-state index in [1.807, 2.05) is 26.8 Å². The van der Waals surface area contributed by atoms with Crippen molar-refractivity contribution in [1.29, 1.82) is 0 Å². The summed E-state index contributed by atoms with van der Waals surface area (Å²) in [5.41, 5.74) is 1.01. The molecule has 3 amide bonds. The highest BCUT2D eigenvalue weighted by Crippen LogP contribution is 2.18. The number of piperidine rings is 1. The largest absolute Gasteiger partial charge is 0.350 e. The Morgan fingerprint density at radius 2 is 1.93 bits per heavy atom. The number of nitrogens with zero attached hydrogens (tertiary/aromatic N) is 1. The van der Waals surface area contributed by atoms with Crippen molar-refractivity contribution in [3.63, 3.8) is 0 Å². The predicted octanol–water partition coefficient (Wildman–Crippen LogP) is 2.50. The van der Waals surface area contributed by atoms with Gasteiger partial charge in [0.25, 0.3) is 0 Å². The summed E-state index contributed by atoms with van der Waals surface area (Å²) >= 11 is 0. The molecule has 1 aliphatic heterocycles. The third kappa shape index (κ3) is 7.99. The van der Waals surface area contributed by atoms with E-state index in [4.69, 9.17) is 0 Å². The number of amides is 3. The minimum Gasteiger partial charge on any atom is -0.350 e. The van der Waals surface area contributed by atoms with Gasteiger partial charge in [0.2, 0.25) is 5.91 Å². The fraction of sp³-hybridized carbons (Fsp3) is 0.619. The molecule has 0 bridgehead atoms. The fourth-order valence-corrected chi connectivity index (χ4v) is 3.33. The summed E-state index contributed by atoms with van der Waals surface area (Å²) in [6.45, 7) is 11.1. The molecule has 2 unspecified atom stereocenters. The summed E-state index contributed by atoms with van der Waals surface area (Å²) in [5.74, 6) is 0.260. The summed E-state index contributed by atoms with van der Waals surface area (Å²) in [4.78, 5) is 26.6. The van der Waals surface area contributed by atoms with Crippen molar-refractivity contribution in [3.8, 4) is 0 Å². The Kier molecular flexibility index (Phi) is 7.66. The summed E-state index contributed by atoms with van der Waals surface area (Å²) in [5, 5.41) is 8.52. The zero-order chi connectivity index (χ0) is 19.9. The van der Waals surface area contributed by atoms with Crippen LogP contribution in [-0.2, 0) is 11.3 Å². The SMILES string of the molecule is CC(NC(=O)NCC1CCCN(Cc2ccccc2)C1)C(=O)NC(C)(C)C. The van der Waals surface area contributed by atoms with Crippen molar-refractivity contribution in [1.82, 2.24) is 20.9 Å². The standard InChI is InChI=1S/C21H34N4O2/c1-16(19(26)24-21(2,3)4)23-20(27)22-13-18-11-8-12-25(15-18)14-17-9-6-5-7-10-17/h5-7,9-10,16,18H,8,11-15H2,1-4H3,(H,24,26)(H2,22,23,27). The molecule has 0 saturated carbocycles. The number of nitrogens with one attached hydrogen (secondary N) is 3. The lowest BCUT2D eigenvalue weighted by Crippen LogP contribution is -2.53. The van der Waals surface area contributed by atoms with E-state index >= 15 is 0 Å². The molecule has 2 atom stereocenters. The lowest BCUT2D eigenvalue weighted by atomic mass is 9.97. The van der Waals surface area contributed by atoms with Crippen LogP contribution in [0.2, 0.25) is 0 Å². The van der Waals surface area contributed by atoms with E-state index < -0.39 is 6.04 Å². The van der Waals surface area contributed by atoms with Crippen LogP contribution in [0.3, 0.4) is 0 Å². The second-order valence-electron chi connectivity index (χ2n) is 8.54. The number of urea groups is 1. The Morgan fingerprint density at radius 3 is 2.59 bits per heavy atom. The maximum atomic E-state index is 12.1. The smallest absolute Gasteiger partial charge is 0.315 e. The average molecular weight is 375 g/mol. The maximum absolute atomic E-state index is 12.1. The van der Waals surface area contributed by atoms with Crippen LogP contribution in [0, 0.1) is 5.92 Å². The Bertz CT molecular complexity index is 612. The molecule has 2 rings (SSSR count). The van der Waals surface area contributed by atoms with Crippen molar-refractivity contribution in [2.75, 3.05) is 19.6 Å². The number of hydrogen-bond donors (Lipinski definition) is 3. The van der Waals surface area contributed by atoms with Crippen LogP contribution in [0.15, 0.2) is 30.3 Å². The third-order valence-corrected chi connectivity index (χ3v) is 4.64. The number of likely N-dealkylation sites (tertiary alicyclic amines) is 1. The number of carbonyl (C=O) groups is 2. The van der Waals surface area contributed by atoms with Gasteiger partial charge in [0.05, 0.1) is 0 Å². The molecular formula is C21H34N4O2. The van der Waals surface area contributed by atoms with Gasteiger partial charge in [-0.1, -0.05) is 30.3 Å². The monoisotopic (exact) mass is 374 g/mol. The second-order valence-corrected chi connectivity index (χ2v) is 8.54. The molecule has 0 aliphatic carbocycles. The fourth-order valence-electron chi connectivity index (χ4n) is 3.33. The lowest BCUT2D eigenvalue weighted by molar-refractivity contribution is -0.123. The van der Waals surface area contributed by atoms with Crippen molar-refractivity contribution in [3.05, 3.63) is 35.9 Å². The normalized spacial score (nSPS) is 19.2. The van der Waals surface area contributed by atoms with Crippen molar-refractivity contribution < 1.29 is 9.59 Å². The number of rotatable bonds is 6. The number of carbonyl (C=O) groups excluding carboxylic acids is 2. The quantitative estimate of drug-likeness (QED) is 0.716. The summed E-state index contributed by atoms with van der Waals surface area (Å²) in [6.07, 6.45) is 2.26. The highest BCUT2D eigenvalue weighted by molar-refractivity contribution is 5.87. The van der Waals surface area contributed by atoms with Gasteiger partial charge in [-0.3, -0.25) is 9.69 Å². The first kappa shape index (κ1) is 21.2. The molecule has 1 aromatic rings. The highest BCUT2D eigenvalue weighted by Gasteiger charge is 2.23. The van der Waals surface area contributed by atoms with Crippen LogP contribution in [0.25, 0.3) is 0 Å². The number of benzene rings is 1. The molecule has 1 saturated heterocycles. The topological polar surface area (TPSA) is 73.5 Å². The molecule has 1 heterocycles. The van der Waals surface area contributed by atoms with Gasteiger partial charge in [-0.05, 0) is 58.6 Å². The Hall–Kier alpha value is -2.08. The predicted molar refractivity (Wildman–Crippen MR) is 108 cm³/mol. The third-order valence-electron chi connectivity index (χ3n) is 4.64. The van der Waals surface area contributed by atoms with E-state index in [-0.39, 0.29) is 17.5 Å². The van der Waals surface area contributed by atoms with Crippen LogP contribution in [0.5, 0.6) is 0 Å². The van der Waals surface area contributed by atoms with Gasteiger partial charge in [0.1, 0.15) is 6.04 Å². The van der Waals surface area contributed by atoms with Gasteiger partial charge < -0.3 is 16.0 Å². The minimum atomic E-state index is -0.565. The van der Waals surface area contributed by atoms with Crippen molar-refractivity contribution in [2.45, 2.75) is 58.7 Å². The maximum Gasteiger partial charge on any atom is 0.315 e. The van der Waals surface area contributed by atoms with E-state index in [9.17, 15) is 9.59 Å². The average Bonchev–Trinajstić information content (AvgIpc) is 2.60. The van der Waals surface area contributed by atoms with Crippen LogP contribution < -0.4 is 16.0 Å². The zero-order valence-corrected chi connectivity index (χ0v) is 17.0. The zero-order valence-electron chi connectivity index (χ0n) is 17.0. The first-order valence-corrected chi connectivity index (χ1v) is 9.85. The lowest BCUT2D eigenvalue weighted by Gasteiger charge is -2.33. The molecule has 0 spiro atoms. The van der Waals surface area contributed by atoms with Gasteiger partial charge >= 0.3 is 6.03 Å². The highest BCUT2D eigenvalue weighted by atomic mass is 16.2. The van der Waals surface area contributed by atoms with Gasteiger partial charge in [0.15, 0.2) is 0 Å². The van der Waals surface area contributed by atoms with Crippen LogP contribution in [0.4, 0.5) is 4.79 Å². The van der Waals surface area contributed by atoms with Crippen LogP contribution in [0.1, 0.15) is 46.1 Å². The van der Waals surface area contributed by atoms with Gasteiger partial charge in [-0.25, -0.2) is 4.79 Å². The van der Waals surface area contributed by atoms with Crippen molar-refractivity contribution in [2.24, 2.45) is 5.92 Å². The van der Waals surface area contributed by atoms with Crippen molar-refractivity contribution >= 4 is 11.9 Å². The molecule has 1 aromatic carbocycles. The van der Waals surface area contributed by atoms with Gasteiger partial charge in [-0.2, -0.15) is 0 Å². The molecule has 150 valence electrons. The molecule has 6 nitrogen and oxygen atoms in total. The Balaban J connectivity index is 1.72. The summed E-state index contributed by atoms with van der Waals surface area (Å²) < 4.78 is 0. The molecule has 1 aliphatic rings. The summed E-state index contributed by atoms with van der Waals surface area (Å²) in [7, 11) is 0. The molecule has 1 fully saturated rings. The molecule has 6 heteroatoms. The molecule has 27 heavy (non-hydrogen) atoms.